The normalized spacial score (nSPS) is 15.6. The van der Waals surface area contributed by atoms with Crippen molar-refractivity contribution >= 4 is 11.6 Å². The summed E-state index contributed by atoms with van der Waals surface area (Å²) in [5, 5.41) is 3.07. The van der Waals surface area contributed by atoms with Crippen LogP contribution in [-0.4, -0.2) is 17.0 Å². The molecule has 0 unspecified atom stereocenters. The van der Waals surface area contributed by atoms with E-state index in [1.54, 1.807) is 6.20 Å². The highest BCUT2D eigenvalue weighted by atomic mass is 16.5. The highest BCUT2D eigenvalue weighted by molar-refractivity contribution is 5.92. The lowest BCUT2D eigenvalue weighted by Crippen LogP contribution is -2.22. The molecular formula is C18H22N4O. The Labute approximate surface area is 136 Å². The molecule has 1 fully saturated rings. The summed E-state index contributed by atoms with van der Waals surface area (Å²) in [6.07, 6.45) is 6.81. The molecule has 0 bridgehead atoms. The molecule has 1 saturated carbocycles. The summed E-state index contributed by atoms with van der Waals surface area (Å²) in [6, 6.07) is 13.6. The average Bonchev–Trinajstić information content (AvgIpc) is 3.07. The molecule has 1 aliphatic carbocycles. The Bertz CT molecular complexity index is 651. The standard InChI is InChI=1S/C18H22N4O/c19-18(22-15-6-2-1-3-7-15)21-13-14-10-11-20-17(12-14)23-16-8-4-5-9-16/h1-3,6-7,10-12,16H,4-5,8-9,13H2,(H3,19,21,22). The molecule has 5 heteroatoms. The number of pyridine rings is 1. The SMILES string of the molecule is NC(=NCc1ccnc(OC2CCCC2)c1)Nc1ccccc1. The predicted octanol–water partition coefficient (Wildman–Crippen LogP) is 3.33. The number of ether oxygens (including phenoxy) is 1. The maximum Gasteiger partial charge on any atom is 0.213 e. The molecule has 1 aliphatic rings. The largest absolute Gasteiger partial charge is 0.474 e. The molecule has 3 rings (SSSR count). The molecule has 1 aromatic carbocycles. The second-order valence-electron chi connectivity index (χ2n) is 5.72. The first-order valence-electron chi connectivity index (χ1n) is 8.03. The molecule has 0 saturated heterocycles. The molecule has 1 aromatic heterocycles. The number of hydrogen-bond acceptors (Lipinski definition) is 3. The van der Waals surface area contributed by atoms with Gasteiger partial charge in [-0.2, -0.15) is 0 Å². The van der Waals surface area contributed by atoms with Crippen molar-refractivity contribution in [2.24, 2.45) is 10.7 Å². The minimum Gasteiger partial charge on any atom is -0.474 e. The minimum absolute atomic E-state index is 0.311. The molecule has 3 N–H and O–H groups in total. The molecule has 2 aromatic rings. The zero-order valence-electron chi connectivity index (χ0n) is 13.1. The third-order valence-corrected chi connectivity index (χ3v) is 3.87. The monoisotopic (exact) mass is 310 g/mol. The number of nitrogens with one attached hydrogen (secondary N) is 1. The average molecular weight is 310 g/mol. The number of rotatable bonds is 5. The van der Waals surface area contributed by atoms with Gasteiger partial charge in [0, 0.05) is 18.0 Å². The van der Waals surface area contributed by atoms with Crippen LogP contribution in [0.1, 0.15) is 31.2 Å². The van der Waals surface area contributed by atoms with Gasteiger partial charge in [-0.15, -0.1) is 0 Å². The van der Waals surface area contributed by atoms with Crippen molar-refractivity contribution < 1.29 is 4.74 Å². The molecule has 120 valence electrons. The number of nitrogens with zero attached hydrogens (tertiary/aromatic N) is 2. The van der Waals surface area contributed by atoms with Gasteiger partial charge in [0.2, 0.25) is 5.88 Å². The summed E-state index contributed by atoms with van der Waals surface area (Å²) < 4.78 is 5.91. The molecule has 0 atom stereocenters. The van der Waals surface area contributed by atoms with Crippen molar-refractivity contribution in [1.82, 2.24) is 4.98 Å². The van der Waals surface area contributed by atoms with E-state index in [1.807, 2.05) is 42.5 Å². The predicted molar refractivity (Wildman–Crippen MR) is 92.5 cm³/mol. The first-order valence-corrected chi connectivity index (χ1v) is 8.03. The van der Waals surface area contributed by atoms with Gasteiger partial charge in [-0.05, 0) is 49.4 Å². The van der Waals surface area contributed by atoms with Crippen molar-refractivity contribution in [2.45, 2.75) is 38.3 Å². The maximum atomic E-state index is 5.92. The Balaban J connectivity index is 1.57. The van der Waals surface area contributed by atoms with Crippen LogP contribution >= 0.6 is 0 Å². The zero-order chi connectivity index (χ0) is 15.9. The van der Waals surface area contributed by atoms with Gasteiger partial charge in [-0.25, -0.2) is 9.98 Å². The van der Waals surface area contributed by atoms with Gasteiger partial charge in [0.15, 0.2) is 5.96 Å². The van der Waals surface area contributed by atoms with Crippen LogP contribution in [0.15, 0.2) is 53.7 Å². The molecule has 5 nitrogen and oxygen atoms in total. The van der Waals surface area contributed by atoms with Crippen LogP contribution in [0.2, 0.25) is 0 Å². The van der Waals surface area contributed by atoms with Crippen LogP contribution < -0.4 is 15.8 Å². The molecule has 0 aliphatic heterocycles. The summed E-state index contributed by atoms with van der Waals surface area (Å²) in [4.78, 5) is 8.64. The summed E-state index contributed by atoms with van der Waals surface area (Å²) >= 11 is 0. The lowest BCUT2D eigenvalue weighted by molar-refractivity contribution is 0.201. The molecule has 0 spiro atoms. The molecule has 1 heterocycles. The quantitative estimate of drug-likeness (QED) is 0.656. The lowest BCUT2D eigenvalue weighted by Gasteiger charge is -2.12. The topological polar surface area (TPSA) is 72.5 Å². The highest BCUT2D eigenvalue weighted by Gasteiger charge is 2.16. The van der Waals surface area contributed by atoms with Gasteiger partial charge in [-0.3, -0.25) is 0 Å². The Morgan fingerprint density at radius 2 is 2.00 bits per heavy atom. The van der Waals surface area contributed by atoms with Gasteiger partial charge in [-0.1, -0.05) is 18.2 Å². The summed E-state index contributed by atoms with van der Waals surface area (Å²) in [6.45, 7) is 0.495. The number of para-hydroxylation sites is 1. The smallest absolute Gasteiger partial charge is 0.213 e. The Hall–Kier alpha value is -2.56. The van der Waals surface area contributed by atoms with E-state index in [9.17, 15) is 0 Å². The Morgan fingerprint density at radius 1 is 1.22 bits per heavy atom. The van der Waals surface area contributed by atoms with E-state index in [1.165, 1.54) is 12.8 Å². The van der Waals surface area contributed by atoms with Crippen LogP contribution in [-0.2, 0) is 6.54 Å². The fourth-order valence-corrected chi connectivity index (χ4v) is 2.68. The van der Waals surface area contributed by atoms with Crippen LogP contribution in [0.3, 0.4) is 0 Å². The second kappa shape index (κ2) is 7.63. The van der Waals surface area contributed by atoms with Crippen LogP contribution in [0.4, 0.5) is 5.69 Å². The zero-order valence-corrected chi connectivity index (χ0v) is 13.1. The molecule has 0 radical (unpaired) electrons. The second-order valence-corrected chi connectivity index (χ2v) is 5.72. The van der Waals surface area contributed by atoms with Crippen LogP contribution in [0, 0.1) is 0 Å². The summed E-state index contributed by atoms with van der Waals surface area (Å²) in [5.41, 5.74) is 7.87. The van der Waals surface area contributed by atoms with E-state index >= 15 is 0 Å². The van der Waals surface area contributed by atoms with Crippen molar-refractivity contribution in [1.29, 1.82) is 0 Å². The van der Waals surface area contributed by atoms with Gasteiger partial charge in [0.1, 0.15) is 6.10 Å². The van der Waals surface area contributed by atoms with Crippen molar-refractivity contribution in [2.75, 3.05) is 5.32 Å². The fraction of sp³-hybridized carbons (Fsp3) is 0.333. The third kappa shape index (κ3) is 4.71. The Kier molecular flexibility index (Phi) is 5.09. The number of hydrogen-bond donors (Lipinski definition) is 2. The van der Waals surface area contributed by atoms with Crippen molar-refractivity contribution in [3.8, 4) is 5.88 Å². The van der Waals surface area contributed by atoms with Gasteiger partial charge < -0.3 is 15.8 Å². The van der Waals surface area contributed by atoms with E-state index in [-0.39, 0.29) is 0 Å². The third-order valence-electron chi connectivity index (χ3n) is 3.87. The maximum absolute atomic E-state index is 5.92. The van der Waals surface area contributed by atoms with E-state index < -0.39 is 0 Å². The Morgan fingerprint density at radius 3 is 2.78 bits per heavy atom. The first-order chi connectivity index (χ1) is 11.3. The molecule has 0 amide bonds. The van der Waals surface area contributed by atoms with Crippen molar-refractivity contribution in [3.63, 3.8) is 0 Å². The van der Waals surface area contributed by atoms with Gasteiger partial charge in [0.05, 0.1) is 6.54 Å². The number of guanidine groups is 1. The highest BCUT2D eigenvalue weighted by Crippen LogP contribution is 2.23. The number of anilines is 1. The number of benzene rings is 1. The number of nitrogens with two attached hydrogens (primary N) is 1. The van der Waals surface area contributed by atoms with Gasteiger partial charge in [0.25, 0.3) is 0 Å². The fourth-order valence-electron chi connectivity index (χ4n) is 2.68. The van der Waals surface area contributed by atoms with E-state index in [0.717, 1.165) is 24.1 Å². The lowest BCUT2D eigenvalue weighted by atomic mass is 10.2. The van der Waals surface area contributed by atoms with Crippen molar-refractivity contribution in [3.05, 3.63) is 54.2 Å². The summed E-state index contributed by atoms with van der Waals surface area (Å²) in [5.74, 6) is 1.07. The van der Waals surface area contributed by atoms with E-state index in [2.05, 4.69) is 15.3 Å². The minimum atomic E-state index is 0.311. The number of aliphatic imine (C=N–C) groups is 1. The summed E-state index contributed by atoms with van der Waals surface area (Å²) in [7, 11) is 0. The van der Waals surface area contributed by atoms with Gasteiger partial charge >= 0.3 is 0 Å². The van der Waals surface area contributed by atoms with E-state index in [0.29, 0.717) is 24.5 Å². The van der Waals surface area contributed by atoms with Crippen LogP contribution in [0.25, 0.3) is 0 Å². The van der Waals surface area contributed by atoms with Crippen LogP contribution in [0.5, 0.6) is 5.88 Å². The first kappa shape index (κ1) is 15.3. The van der Waals surface area contributed by atoms with E-state index in [4.69, 9.17) is 10.5 Å². The molecule has 23 heavy (non-hydrogen) atoms. The number of aromatic nitrogens is 1. The molecular weight excluding hydrogens is 288 g/mol.